The fraction of sp³-hybridized carbons (Fsp3) is 0.364. The monoisotopic (exact) mass is 192 g/mol. The zero-order valence-electron chi connectivity index (χ0n) is 8.58. The quantitative estimate of drug-likeness (QED) is 0.657. The molecule has 0 aliphatic carbocycles. The molecule has 0 aromatic carbocycles. The molecule has 0 aromatic rings. The van der Waals surface area contributed by atoms with Gasteiger partial charge in [0.05, 0.1) is 12.1 Å². The second kappa shape index (κ2) is 4.65. The summed E-state index contributed by atoms with van der Waals surface area (Å²) in [5.74, 6) is 0. The average Bonchev–Trinajstić information content (AvgIpc) is 2.47. The Bertz CT molecular complexity index is 292. The van der Waals surface area contributed by atoms with Crippen LogP contribution >= 0.6 is 0 Å². The van der Waals surface area contributed by atoms with E-state index in [-0.39, 0.29) is 18.1 Å². The van der Waals surface area contributed by atoms with E-state index in [9.17, 15) is 4.79 Å². The maximum atomic E-state index is 11.1. The number of nitrogens with one attached hydrogen (secondary N) is 2. The highest BCUT2D eigenvalue weighted by atomic mass is 16.2. The molecule has 1 heterocycles. The van der Waals surface area contributed by atoms with Crippen LogP contribution in [0.15, 0.2) is 36.5 Å². The minimum atomic E-state index is -0.103. The molecule has 1 aliphatic rings. The fourth-order valence-electron chi connectivity index (χ4n) is 1.53. The molecule has 2 unspecified atom stereocenters. The van der Waals surface area contributed by atoms with Crippen molar-refractivity contribution in [3.05, 3.63) is 36.5 Å². The van der Waals surface area contributed by atoms with E-state index in [2.05, 4.69) is 17.2 Å². The first-order chi connectivity index (χ1) is 6.69. The third-order valence-corrected chi connectivity index (χ3v) is 2.26. The number of amides is 2. The Kier molecular flexibility index (Phi) is 3.51. The molecule has 3 heteroatoms. The van der Waals surface area contributed by atoms with Crippen LogP contribution in [0.3, 0.4) is 0 Å². The zero-order valence-corrected chi connectivity index (χ0v) is 8.58. The Morgan fingerprint density at radius 2 is 2.21 bits per heavy atom. The molecule has 1 rings (SSSR count). The third-order valence-electron chi connectivity index (χ3n) is 2.26. The number of hydrogen-bond acceptors (Lipinski definition) is 1. The lowest BCUT2D eigenvalue weighted by Gasteiger charge is -2.14. The van der Waals surface area contributed by atoms with Crippen molar-refractivity contribution < 1.29 is 4.79 Å². The number of hydrogen-bond donors (Lipinski definition) is 2. The molecule has 2 N–H and O–H groups in total. The highest BCUT2D eigenvalue weighted by molar-refractivity contribution is 5.78. The van der Waals surface area contributed by atoms with Crippen LogP contribution in [-0.2, 0) is 0 Å². The predicted octanol–water partition coefficient (Wildman–Crippen LogP) is 1.74. The van der Waals surface area contributed by atoms with Crippen LogP contribution in [0.1, 0.15) is 13.8 Å². The first kappa shape index (κ1) is 10.6. The fourth-order valence-corrected chi connectivity index (χ4v) is 1.53. The molecule has 0 spiro atoms. The molecule has 2 amide bonds. The summed E-state index contributed by atoms with van der Waals surface area (Å²) in [6.07, 6.45) is 7.54. The summed E-state index contributed by atoms with van der Waals surface area (Å²) < 4.78 is 0. The van der Waals surface area contributed by atoms with E-state index in [0.29, 0.717) is 0 Å². The number of allylic oxidation sites excluding steroid dienone is 3. The second-order valence-electron chi connectivity index (χ2n) is 3.27. The van der Waals surface area contributed by atoms with Gasteiger partial charge < -0.3 is 10.6 Å². The summed E-state index contributed by atoms with van der Waals surface area (Å²) in [5, 5.41) is 5.67. The number of rotatable bonds is 3. The lowest BCUT2D eigenvalue weighted by molar-refractivity contribution is 0.247. The van der Waals surface area contributed by atoms with Crippen LogP contribution in [0.4, 0.5) is 4.79 Å². The summed E-state index contributed by atoms with van der Waals surface area (Å²) in [7, 11) is 0. The van der Waals surface area contributed by atoms with Gasteiger partial charge in [-0.3, -0.25) is 0 Å². The molecular weight excluding hydrogens is 176 g/mol. The van der Waals surface area contributed by atoms with Crippen molar-refractivity contribution in [2.24, 2.45) is 0 Å². The molecule has 3 nitrogen and oxygen atoms in total. The van der Waals surface area contributed by atoms with Crippen LogP contribution < -0.4 is 10.6 Å². The minimum absolute atomic E-state index is 0.0590. The van der Waals surface area contributed by atoms with Gasteiger partial charge in [-0.05, 0) is 19.4 Å². The molecule has 0 aromatic heterocycles. The largest absolute Gasteiger partial charge is 0.333 e. The summed E-state index contributed by atoms with van der Waals surface area (Å²) >= 11 is 0. The van der Waals surface area contributed by atoms with Gasteiger partial charge in [-0.1, -0.05) is 30.9 Å². The SMILES string of the molecule is C=C/C=C\C(=C/C)C1NC(=O)NC1C. The lowest BCUT2D eigenvalue weighted by atomic mass is 10.0. The Labute approximate surface area is 84.6 Å². The lowest BCUT2D eigenvalue weighted by Crippen LogP contribution is -2.32. The maximum absolute atomic E-state index is 11.1. The number of carbonyl (C=O) groups excluding carboxylic acids is 1. The number of urea groups is 1. The van der Waals surface area contributed by atoms with Crippen molar-refractivity contribution in [2.45, 2.75) is 25.9 Å². The normalized spacial score (nSPS) is 27.6. The number of carbonyl (C=O) groups is 1. The van der Waals surface area contributed by atoms with Gasteiger partial charge in [0.25, 0.3) is 0 Å². The summed E-state index contributed by atoms with van der Waals surface area (Å²) in [6.45, 7) is 7.55. The van der Waals surface area contributed by atoms with Gasteiger partial charge in [0, 0.05) is 0 Å². The second-order valence-corrected chi connectivity index (χ2v) is 3.27. The summed E-state index contributed by atoms with van der Waals surface area (Å²) in [4.78, 5) is 11.1. The van der Waals surface area contributed by atoms with Crippen LogP contribution in [0.25, 0.3) is 0 Å². The molecule has 0 saturated carbocycles. The summed E-state index contributed by atoms with van der Waals surface area (Å²) in [6, 6.07) is 0.0840. The van der Waals surface area contributed by atoms with E-state index < -0.39 is 0 Å². The first-order valence-corrected chi connectivity index (χ1v) is 4.71. The highest BCUT2D eigenvalue weighted by Crippen LogP contribution is 2.12. The Balaban J connectivity index is 2.75. The van der Waals surface area contributed by atoms with Crippen molar-refractivity contribution in [3.63, 3.8) is 0 Å². The van der Waals surface area contributed by atoms with Crippen LogP contribution in [0.5, 0.6) is 0 Å². The minimum Gasteiger partial charge on any atom is -0.333 e. The van der Waals surface area contributed by atoms with Crippen molar-refractivity contribution in [1.29, 1.82) is 0 Å². The molecule has 0 radical (unpaired) electrons. The molecule has 1 fully saturated rings. The predicted molar refractivity (Wildman–Crippen MR) is 58.0 cm³/mol. The summed E-state index contributed by atoms with van der Waals surface area (Å²) in [5.41, 5.74) is 1.09. The molecule has 2 atom stereocenters. The van der Waals surface area contributed by atoms with Gasteiger partial charge in [0.2, 0.25) is 0 Å². The van der Waals surface area contributed by atoms with Gasteiger partial charge in [0.15, 0.2) is 0 Å². The Morgan fingerprint density at radius 1 is 1.50 bits per heavy atom. The molecule has 0 bridgehead atoms. The van der Waals surface area contributed by atoms with Gasteiger partial charge >= 0.3 is 6.03 Å². The molecule has 1 aliphatic heterocycles. The van der Waals surface area contributed by atoms with E-state index in [1.54, 1.807) is 6.08 Å². The average molecular weight is 192 g/mol. The van der Waals surface area contributed by atoms with Crippen molar-refractivity contribution >= 4 is 6.03 Å². The van der Waals surface area contributed by atoms with Gasteiger partial charge in [0.1, 0.15) is 0 Å². The van der Waals surface area contributed by atoms with Crippen molar-refractivity contribution in [3.8, 4) is 0 Å². The Hall–Kier alpha value is -1.51. The van der Waals surface area contributed by atoms with Crippen molar-refractivity contribution in [1.82, 2.24) is 10.6 Å². The smallest absolute Gasteiger partial charge is 0.315 e. The van der Waals surface area contributed by atoms with Gasteiger partial charge in [-0.25, -0.2) is 4.79 Å². The highest BCUT2D eigenvalue weighted by Gasteiger charge is 2.29. The molecule has 1 saturated heterocycles. The van der Waals surface area contributed by atoms with Crippen molar-refractivity contribution in [2.75, 3.05) is 0 Å². The molecule has 76 valence electrons. The third kappa shape index (κ3) is 2.25. The van der Waals surface area contributed by atoms with E-state index in [1.807, 2.05) is 32.1 Å². The van der Waals surface area contributed by atoms with E-state index >= 15 is 0 Å². The van der Waals surface area contributed by atoms with Crippen LogP contribution in [0.2, 0.25) is 0 Å². The van der Waals surface area contributed by atoms with E-state index in [1.165, 1.54) is 0 Å². The first-order valence-electron chi connectivity index (χ1n) is 4.71. The topological polar surface area (TPSA) is 41.1 Å². The van der Waals surface area contributed by atoms with Gasteiger partial charge in [-0.2, -0.15) is 0 Å². The molecular formula is C11H16N2O. The zero-order chi connectivity index (χ0) is 10.6. The van der Waals surface area contributed by atoms with E-state index in [0.717, 1.165) is 5.57 Å². The Morgan fingerprint density at radius 3 is 2.64 bits per heavy atom. The van der Waals surface area contributed by atoms with Crippen LogP contribution in [0, 0.1) is 0 Å². The van der Waals surface area contributed by atoms with Crippen LogP contribution in [-0.4, -0.2) is 18.1 Å². The van der Waals surface area contributed by atoms with E-state index in [4.69, 9.17) is 0 Å². The molecule has 14 heavy (non-hydrogen) atoms. The maximum Gasteiger partial charge on any atom is 0.315 e. The standard InChI is InChI=1S/C11H16N2O/c1-4-6-7-9(5-2)10-8(3)12-11(14)13-10/h4-8,10H,1H2,2-3H3,(H2,12,13,14)/b7-6-,9-5+. The van der Waals surface area contributed by atoms with Gasteiger partial charge in [-0.15, -0.1) is 0 Å².